The van der Waals surface area contributed by atoms with Crippen LogP contribution < -0.4 is 0 Å². The lowest BCUT2D eigenvalue weighted by molar-refractivity contribution is 1.18. The molecule has 0 aliphatic rings. The summed E-state index contributed by atoms with van der Waals surface area (Å²) in [6.45, 7) is 4.19. The lowest BCUT2D eigenvalue weighted by atomic mass is 9.96. The van der Waals surface area contributed by atoms with Crippen LogP contribution in [0, 0.1) is 13.8 Å². The van der Waals surface area contributed by atoms with E-state index in [0.29, 0.717) is 5.82 Å². The SMILES string of the molecule is Cc1ccc(-c2cc(-c3ccc(-c4ccc5c(c4)nc(-c4ccccc4)c4ccc6nsnc6c45)cc3)nc(-c3ccc(C)cc3)n2)cc1. The molecule has 0 bridgehead atoms. The lowest BCUT2D eigenvalue weighted by Gasteiger charge is -2.12. The molecule has 0 unspecified atom stereocenters. The van der Waals surface area contributed by atoms with Crippen molar-refractivity contribution >= 4 is 44.4 Å². The highest BCUT2D eigenvalue weighted by Crippen LogP contribution is 2.38. The summed E-state index contributed by atoms with van der Waals surface area (Å²) in [4.78, 5) is 15.3. The normalized spacial score (nSPS) is 11.5. The first-order chi connectivity index (χ1) is 24.1. The largest absolute Gasteiger partial charge is 0.247 e. The Balaban J connectivity index is 1.15. The quantitative estimate of drug-likeness (QED) is 0.174. The van der Waals surface area contributed by atoms with Gasteiger partial charge in [-0.15, -0.1) is 0 Å². The molecule has 0 saturated heterocycles. The summed E-state index contributed by atoms with van der Waals surface area (Å²) in [7, 11) is 0. The fourth-order valence-corrected chi connectivity index (χ4v) is 7.01. The van der Waals surface area contributed by atoms with Crippen LogP contribution in [0.25, 0.3) is 89.0 Å². The van der Waals surface area contributed by atoms with Gasteiger partial charge in [-0.1, -0.05) is 126 Å². The summed E-state index contributed by atoms with van der Waals surface area (Å²) in [5.74, 6) is 0.712. The molecule has 0 saturated carbocycles. The molecule has 9 rings (SSSR count). The second-order valence-corrected chi connectivity index (χ2v) is 13.0. The molecule has 9 aromatic rings. The smallest absolute Gasteiger partial charge is 0.160 e. The maximum atomic E-state index is 5.24. The highest BCUT2D eigenvalue weighted by molar-refractivity contribution is 7.00. The van der Waals surface area contributed by atoms with Crippen molar-refractivity contribution in [3.63, 3.8) is 0 Å². The van der Waals surface area contributed by atoms with Crippen molar-refractivity contribution < 1.29 is 0 Å². The van der Waals surface area contributed by atoms with Gasteiger partial charge in [0.25, 0.3) is 0 Å². The van der Waals surface area contributed by atoms with Gasteiger partial charge in [0.05, 0.1) is 34.3 Å². The summed E-state index contributed by atoms with van der Waals surface area (Å²) < 4.78 is 9.23. The van der Waals surface area contributed by atoms with E-state index in [0.717, 1.165) is 83.2 Å². The minimum atomic E-state index is 0.712. The number of hydrogen-bond acceptors (Lipinski definition) is 6. The molecular weight excluding hydrogens is 619 g/mol. The van der Waals surface area contributed by atoms with Crippen molar-refractivity contribution in [3.8, 4) is 56.3 Å². The van der Waals surface area contributed by atoms with Gasteiger partial charge in [-0.05, 0) is 49.2 Å². The molecule has 0 aliphatic carbocycles. The Hall–Kier alpha value is -6.11. The molecule has 5 nitrogen and oxygen atoms in total. The predicted molar refractivity (Wildman–Crippen MR) is 202 cm³/mol. The van der Waals surface area contributed by atoms with Gasteiger partial charge < -0.3 is 0 Å². The summed E-state index contributed by atoms with van der Waals surface area (Å²) in [5.41, 5.74) is 14.3. The molecule has 0 fully saturated rings. The standard InChI is InChI=1S/C43H29N5S/c1-26-8-12-29(13-9-26)37-25-38(46-43(45-37)32-14-10-27(2)11-15-32)30-18-16-28(17-19-30)33-20-21-34-39(24-33)44-41(31-6-4-3-5-7-31)35-22-23-36-42(40(34)35)48-49-47-36/h3-25H,1-2H3. The molecule has 0 amide bonds. The van der Waals surface area contributed by atoms with Crippen molar-refractivity contribution in [2.45, 2.75) is 13.8 Å². The molecule has 0 atom stereocenters. The molecule has 3 heterocycles. The molecule has 6 aromatic carbocycles. The van der Waals surface area contributed by atoms with E-state index in [-0.39, 0.29) is 0 Å². The third-order valence-corrected chi connectivity index (χ3v) is 9.67. The number of aryl methyl sites for hydroxylation is 2. The Kier molecular flexibility index (Phi) is 7.03. The van der Waals surface area contributed by atoms with Crippen LogP contribution in [0.2, 0.25) is 0 Å². The van der Waals surface area contributed by atoms with E-state index in [4.69, 9.17) is 19.3 Å². The van der Waals surface area contributed by atoms with E-state index in [9.17, 15) is 0 Å². The maximum Gasteiger partial charge on any atom is 0.160 e. The predicted octanol–water partition coefficient (Wildman–Crippen LogP) is 11.1. The topological polar surface area (TPSA) is 64.5 Å². The molecule has 0 N–H and O–H groups in total. The number of hydrogen-bond donors (Lipinski definition) is 0. The van der Waals surface area contributed by atoms with E-state index >= 15 is 0 Å². The average molecular weight is 648 g/mol. The molecule has 0 radical (unpaired) electrons. The molecule has 3 aromatic heterocycles. The zero-order valence-corrected chi connectivity index (χ0v) is 27.7. The summed E-state index contributed by atoms with van der Waals surface area (Å²) in [6.07, 6.45) is 0. The van der Waals surface area contributed by atoms with E-state index in [1.807, 2.05) is 12.1 Å². The minimum Gasteiger partial charge on any atom is -0.247 e. The Morgan fingerprint density at radius 2 is 1.02 bits per heavy atom. The van der Waals surface area contributed by atoms with Crippen molar-refractivity contribution in [3.05, 3.63) is 151 Å². The van der Waals surface area contributed by atoms with Crippen LogP contribution in [0.4, 0.5) is 0 Å². The Morgan fingerprint density at radius 1 is 0.429 bits per heavy atom. The van der Waals surface area contributed by atoms with Crippen LogP contribution in [-0.4, -0.2) is 23.7 Å². The third kappa shape index (κ3) is 5.32. The van der Waals surface area contributed by atoms with Crippen LogP contribution in [0.1, 0.15) is 11.1 Å². The van der Waals surface area contributed by atoms with Crippen LogP contribution in [0.3, 0.4) is 0 Å². The number of fused-ring (bicyclic) bond motifs is 5. The minimum absolute atomic E-state index is 0.712. The lowest BCUT2D eigenvalue weighted by Crippen LogP contribution is -1.96. The molecule has 232 valence electrons. The van der Waals surface area contributed by atoms with E-state index < -0.39 is 0 Å². The fourth-order valence-electron chi connectivity index (χ4n) is 6.47. The Labute approximate surface area is 288 Å². The zero-order chi connectivity index (χ0) is 32.9. The second-order valence-electron chi connectivity index (χ2n) is 12.4. The molecular formula is C43H29N5S. The summed E-state index contributed by atoms with van der Waals surface area (Å²) >= 11 is 1.25. The molecule has 49 heavy (non-hydrogen) atoms. The van der Waals surface area contributed by atoms with Crippen LogP contribution >= 0.6 is 11.7 Å². The number of nitrogens with zero attached hydrogens (tertiary/aromatic N) is 5. The first-order valence-electron chi connectivity index (χ1n) is 16.3. The van der Waals surface area contributed by atoms with Gasteiger partial charge in [0, 0.05) is 38.4 Å². The number of pyridine rings is 1. The second kappa shape index (κ2) is 11.8. The average Bonchev–Trinajstić information content (AvgIpc) is 3.64. The first-order valence-corrected chi connectivity index (χ1v) is 17.0. The highest BCUT2D eigenvalue weighted by Gasteiger charge is 2.16. The Morgan fingerprint density at radius 3 is 1.71 bits per heavy atom. The molecule has 0 aliphatic heterocycles. The summed E-state index contributed by atoms with van der Waals surface area (Å²) in [6, 6.07) is 48.7. The van der Waals surface area contributed by atoms with Gasteiger partial charge in [-0.2, -0.15) is 8.75 Å². The van der Waals surface area contributed by atoms with Gasteiger partial charge >= 0.3 is 0 Å². The monoisotopic (exact) mass is 647 g/mol. The van der Waals surface area contributed by atoms with Crippen molar-refractivity contribution in [1.82, 2.24) is 23.7 Å². The van der Waals surface area contributed by atoms with Crippen molar-refractivity contribution in [2.75, 3.05) is 0 Å². The molecule has 0 spiro atoms. The van der Waals surface area contributed by atoms with E-state index in [1.54, 1.807) is 0 Å². The zero-order valence-electron chi connectivity index (χ0n) is 26.9. The third-order valence-electron chi connectivity index (χ3n) is 9.13. The fraction of sp³-hybridized carbons (Fsp3) is 0.0465. The molecule has 6 heteroatoms. The Bertz CT molecular complexity index is 2580. The van der Waals surface area contributed by atoms with Gasteiger partial charge in [-0.3, -0.25) is 0 Å². The highest BCUT2D eigenvalue weighted by atomic mass is 32.1. The van der Waals surface area contributed by atoms with Crippen LogP contribution in [-0.2, 0) is 0 Å². The van der Waals surface area contributed by atoms with Gasteiger partial charge in [0.2, 0.25) is 0 Å². The van der Waals surface area contributed by atoms with Gasteiger partial charge in [0.15, 0.2) is 5.82 Å². The number of benzene rings is 6. The van der Waals surface area contributed by atoms with Gasteiger partial charge in [-0.25, -0.2) is 15.0 Å². The van der Waals surface area contributed by atoms with E-state index in [2.05, 4.69) is 146 Å². The van der Waals surface area contributed by atoms with Gasteiger partial charge in [0.1, 0.15) is 11.0 Å². The van der Waals surface area contributed by atoms with Crippen molar-refractivity contribution in [1.29, 1.82) is 0 Å². The van der Waals surface area contributed by atoms with E-state index in [1.165, 1.54) is 22.9 Å². The maximum absolute atomic E-state index is 5.24. The number of aromatic nitrogens is 5. The van der Waals surface area contributed by atoms with Crippen LogP contribution in [0.15, 0.2) is 140 Å². The van der Waals surface area contributed by atoms with Crippen molar-refractivity contribution in [2.24, 2.45) is 0 Å². The van der Waals surface area contributed by atoms with Crippen LogP contribution in [0.5, 0.6) is 0 Å². The number of rotatable bonds is 5. The first kappa shape index (κ1) is 29.1. The summed E-state index contributed by atoms with van der Waals surface area (Å²) in [5, 5.41) is 3.24.